The Morgan fingerprint density at radius 1 is 0.920 bits per heavy atom. The zero-order valence-corrected chi connectivity index (χ0v) is 15.1. The van der Waals surface area contributed by atoms with Gasteiger partial charge in [0.25, 0.3) is 5.91 Å². The summed E-state index contributed by atoms with van der Waals surface area (Å²) in [5, 5.41) is 4.44. The van der Waals surface area contributed by atoms with E-state index in [9.17, 15) is 14.4 Å². The third-order valence-electron chi connectivity index (χ3n) is 3.21. The van der Waals surface area contributed by atoms with Gasteiger partial charge in [-0.2, -0.15) is 0 Å². The fourth-order valence-corrected chi connectivity index (χ4v) is 2.81. The molecule has 0 aliphatic carbocycles. The van der Waals surface area contributed by atoms with Crippen LogP contribution in [0.25, 0.3) is 0 Å². The molecule has 1 aromatic carbocycles. The van der Waals surface area contributed by atoms with E-state index in [4.69, 9.17) is 9.47 Å². The lowest BCUT2D eigenvalue weighted by Crippen LogP contribution is -2.14. The van der Waals surface area contributed by atoms with Crippen LogP contribution in [-0.4, -0.2) is 31.1 Å². The number of anilines is 1. The van der Waals surface area contributed by atoms with Crippen molar-refractivity contribution in [3.05, 3.63) is 51.2 Å². The molecule has 0 aliphatic rings. The quantitative estimate of drug-likeness (QED) is 0.794. The molecule has 0 bridgehead atoms. The predicted molar refractivity (Wildman–Crippen MR) is 95.4 cm³/mol. The normalized spacial score (nSPS) is 10.2. The average Bonchev–Trinajstić information content (AvgIpc) is 3.01. The van der Waals surface area contributed by atoms with E-state index >= 15 is 0 Å². The van der Waals surface area contributed by atoms with Gasteiger partial charge in [-0.3, -0.25) is 4.79 Å². The van der Waals surface area contributed by atoms with Crippen molar-refractivity contribution in [2.75, 3.05) is 18.5 Å². The second-order valence-corrected chi connectivity index (χ2v) is 6.26. The van der Waals surface area contributed by atoms with E-state index in [0.717, 1.165) is 4.88 Å². The molecule has 1 heterocycles. The molecule has 1 amide bonds. The van der Waals surface area contributed by atoms with Crippen LogP contribution in [-0.2, 0) is 9.47 Å². The van der Waals surface area contributed by atoms with Crippen LogP contribution in [0.5, 0.6) is 0 Å². The highest BCUT2D eigenvalue weighted by Crippen LogP contribution is 2.20. The molecule has 1 aromatic heterocycles. The molecule has 0 radical (unpaired) electrons. The Hall–Kier alpha value is -2.67. The molecule has 0 saturated carbocycles. The first-order chi connectivity index (χ1) is 11.9. The third-order valence-corrected chi connectivity index (χ3v) is 4.07. The molecule has 2 rings (SSSR count). The molecule has 1 N–H and O–H groups in total. The Labute approximate surface area is 149 Å². The molecule has 0 aliphatic heterocycles. The monoisotopic (exact) mass is 361 g/mol. The molecular formula is C18H19NO5S. The minimum absolute atomic E-state index is 0.171. The first kappa shape index (κ1) is 18.7. The van der Waals surface area contributed by atoms with Crippen molar-refractivity contribution >= 4 is 34.9 Å². The van der Waals surface area contributed by atoms with Gasteiger partial charge in [0.15, 0.2) is 0 Å². The van der Waals surface area contributed by atoms with Crippen LogP contribution in [0.4, 0.5) is 5.69 Å². The molecular weight excluding hydrogens is 342 g/mol. The van der Waals surface area contributed by atoms with Crippen molar-refractivity contribution in [1.29, 1.82) is 0 Å². The fraction of sp³-hybridized carbons (Fsp3) is 0.278. The van der Waals surface area contributed by atoms with Crippen molar-refractivity contribution in [3.63, 3.8) is 0 Å². The van der Waals surface area contributed by atoms with Gasteiger partial charge in [-0.05, 0) is 45.0 Å². The number of amides is 1. The third kappa shape index (κ3) is 4.90. The SMILES string of the molecule is CCOC(=O)c1cc(NC(=O)c2csc(C)c2)cc(C(=O)OCC)c1. The summed E-state index contributed by atoms with van der Waals surface area (Å²) in [7, 11) is 0. The van der Waals surface area contributed by atoms with Gasteiger partial charge in [-0.1, -0.05) is 0 Å². The van der Waals surface area contributed by atoms with Crippen molar-refractivity contribution in [1.82, 2.24) is 0 Å². The molecule has 0 saturated heterocycles. The Bertz CT molecular complexity index is 760. The van der Waals surface area contributed by atoms with Crippen LogP contribution in [0, 0.1) is 6.92 Å². The summed E-state index contributed by atoms with van der Waals surface area (Å²) in [6.07, 6.45) is 0. The van der Waals surface area contributed by atoms with Gasteiger partial charge in [0.05, 0.1) is 29.9 Å². The van der Waals surface area contributed by atoms with Gasteiger partial charge in [0.2, 0.25) is 0 Å². The number of thiophene rings is 1. The zero-order chi connectivity index (χ0) is 18.4. The number of rotatable bonds is 6. The molecule has 25 heavy (non-hydrogen) atoms. The lowest BCUT2D eigenvalue weighted by Gasteiger charge is -2.10. The van der Waals surface area contributed by atoms with Crippen LogP contribution in [0.1, 0.15) is 49.8 Å². The van der Waals surface area contributed by atoms with Crippen LogP contribution in [0.3, 0.4) is 0 Å². The highest BCUT2D eigenvalue weighted by atomic mass is 32.1. The number of carbonyl (C=O) groups excluding carboxylic acids is 3. The Balaban J connectivity index is 2.33. The van der Waals surface area contributed by atoms with E-state index < -0.39 is 11.9 Å². The molecule has 6 nitrogen and oxygen atoms in total. The number of benzene rings is 1. The first-order valence-corrected chi connectivity index (χ1v) is 8.68. The van der Waals surface area contributed by atoms with Crippen molar-refractivity contribution in [2.45, 2.75) is 20.8 Å². The second-order valence-electron chi connectivity index (χ2n) is 5.14. The van der Waals surface area contributed by atoms with Crippen LogP contribution in [0.2, 0.25) is 0 Å². The highest BCUT2D eigenvalue weighted by molar-refractivity contribution is 7.10. The van der Waals surface area contributed by atoms with Gasteiger partial charge >= 0.3 is 11.9 Å². The number of carbonyl (C=O) groups is 3. The number of hydrogen-bond donors (Lipinski definition) is 1. The summed E-state index contributed by atoms with van der Waals surface area (Å²) >= 11 is 1.46. The fourth-order valence-electron chi connectivity index (χ4n) is 2.13. The van der Waals surface area contributed by atoms with E-state index in [1.165, 1.54) is 29.5 Å². The smallest absolute Gasteiger partial charge is 0.338 e. The molecule has 2 aromatic rings. The largest absolute Gasteiger partial charge is 0.462 e. The van der Waals surface area contributed by atoms with E-state index in [1.807, 2.05) is 6.92 Å². The van der Waals surface area contributed by atoms with E-state index in [2.05, 4.69) is 5.32 Å². The summed E-state index contributed by atoms with van der Waals surface area (Å²) in [5.74, 6) is -1.47. The summed E-state index contributed by atoms with van der Waals surface area (Å²) < 4.78 is 9.94. The number of ether oxygens (including phenoxy) is 2. The van der Waals surface area contributed by atoms with Crippen LogP contribution < -0.4 is 5.32 Å². The topological polar surface area (TPSA) is 81.7 Å². The molecule has 132 valence electrons. The van der Waals surface area contributed by atoms with Crippen LogP contribution >= 0.6 is 11.3 Å². The predicted octanol–water partition coefficient (Wildman–Crippen LogP) is 3.66. The maximum absolute atomic E-state index is 12.3. The zero-order valence-electron chi connectivity index (χ0n) is 14.3. The summed E-state index contributed by atoms with van der Waals surface area (Å²) in [5.41, 5.74) is 1.18. The van der Waals surface area contributed by atoms with Crippen LogP contribution in [0.15, 0.2) is 29.6 Å². The number of nitrogens with one attached hydrogen (secondary N) is 1. The Morgan fingerprint density at radius 3 is 1.92 bits per heavy atom. The Morgan fingerprint density at radius 2 is 1.48 bits per heavy atom. The van der Waals surface area contributed by atoms with E-state index in [1.54, 1.807) is 25.3 Å². The van der Waals surface area contributed by atoms with E-state index in [-0.39, 0.29) is 30.2 Å². The lowest BCUT2D eigenvalue weighted by molar-refractivity contribution is 0.0525. The van der Waals surface area contributed by atoms with Crippen molar-refractivity contribution in [3.8, 4) is 0 Å². The maximum atomic E-state index is 12.3. The average molecular weight is 361 g/mol. The summed E-state index contributed by atoms with van der Waals surface area (Å²) in [6, 6.07) is 6.09. The minimum Gasteiger partial charge on any atom is -0.462 e. The molecule has 0 fully saturated rings. The van der Waals surface area contributed by atoms with Crippen molar-refractivity contribution in [2.24, 2.45) is 0 Å². The molecule has 0 atom stereocenters. The number of aryl methyl sites for hydroxylation is 1. The summed E-state index contributed by atoms with van der Waals surface area (Å²) in [6.45, 7) is 5.70. The van der Waals surface area contributed by atoms with E-state index in [0.29, 0.717) is 11.3 Å². The van der Waals surface area contributed by atoms with Gasteiger partial charge in [0, 0.05) is 15.9 Å². The molecule has 0 spiro atoms. The Kier molecular flexibility index (Phi) is 6.30. The van der Waals surface area contributed by atoms with Gasteiger partial charge < -0.3 is 14.8 Å². The lowest BCUT2D eigenvalue weighted by atomic mass is 10.1. The number of hydrogen-bond acceptors (Lipinski definition) is 6. The maximum Gasteiger partial charge on any atom is 0.338 e. The second kappa shape index (κ2) is 8.43. The van der Waals surface area contributed by atoms with Gasteiger partial charge in [-0.25, -0.2) is 9.59 Å². The summed E-state index contributed by atoms with van der Waals surface area (Å²) in [4.78, 5) is 37.3. The minimum atomic E-state index is -0.574. The number of esters is 2. The molecule has 0 unspecified atom stereocenters. The van der Waals surface area contributed by atoms with Crippen molar-refractivity contribution < 1.29 is 23.9 Å². The highest BCUT2D eigenvalue weighted by Gasteiger charge is 2.16. The standard InChI is InChI=1S/C18H19NO5S/c1-4-23-17(21)12-7-13(18(22)24-5-2)9-15(8-12)19-16(20)14-6-11(3)25-10-14/h6-10H,4-5H2,1-3H3,(H,19,20). The molecule has 7 heteroatoms. The van der Waals surface area contributed by atoms with Gasteiger partial charge in [-0.15, -0.1) is 11.3 Å². The first-order valence-electron chi connectivity index (χ1n) is 7.80. The van der Waals surface area contributed by atoms with Gasteiger partial charge in [0.1, 0.15) is 0 Å².